The maximum atomic E-state index is 11.3. The molecule has 6 nitrogen and oxygen atoms in total. The minimum absolute atomic E-state index is 0.286. The Bertz CT molecular complexity index is 517. The number of primary amides is 1. The highest BCUT2D eigenvalue weighted by atomic mass is 16.5. The van der Waals surface area contributed by atoms with Crippen LogP contribution in [-0.2, 0) is 0 Å². The molecule has 1 aromatic rings. The summed E-state index contributed by atoms with van der Waals surface area (Å²) in [6, 6.07) is 3.41. The number of anilines is 2. The molecule has 0 saturated heterocycles. The number of nitrogens with one attached hydrogen (secondary N) is 1. The van der Waals surface area contributed by atoms with Gasteiger partial charge < -0.3 is 20.7 Å². The minimum Gasteiger partial charge on any atom is -0.491 e. The molecular formula is C12H16N4O2. The van der Waals surface area contributed by atoms with Gasteiger partial charge in [-0.05, 0) is 12.1 Å². The molecule has 0 spiro atoms. The average Bonchev–Trinajstić information content (AvgIpc) is 2.52. The van der Waals surface area contributed by atoms with Crippen molar-refractivity contribution in [1.29, 1.82) is 0 Å². The first-order valence-electron chi connectivity index (χ1n) is 5.95. The number of nitrogens with two attached hydrogens (primary N) is 2. The fourth-order valence-corrected chi connectivity index (χ4v) is 2.47. The molecule has 1 amide bonds. The number of carbonyl (C=O) groups is 1. The van der Waals surface area contributed by atoms with Crippen molar-refractivity contribution in [2.24, 2.45) is 17.4 Å². The Hall–Kier alpha value is -1.95. The van der Waals surface area contributed by atoms with E-state index < -0.39 is 5.91 Å². The van der Waals surface area contributed by atoms with Crippen LogP contribution < -0.4 is 26.4 Å². The van der Waals surface area contributed by atoms with Gasteiger partial charge in [-0.25, -0.2) is 0 Å². The summed E-state index contributed by atoms with van der Waals surface area (Å²) < 4.78 is 5.75. The Kier molecular flexibility index (Phi) is 2.34. The zero-order valence-electron chi connectivity index (χ0n) is 10.1. The van der Waals surface area contributed by atoms with Crippen molar-refractivity contribution in [2.75, 3.05) is 23.4 Å². The summed E-state index contributed by atoms with van der Waals surface area (Å²) in [5.74, 6) is 0.572. The molecule has 0 fully saturated rings. The number of ether oxygens (including phenoxy) is 1. The van der Waals surface area contributed by atoms with E-state index in [2.05, 4.69) is 17.1 Å². The van der Waals surface area contributed by atoms with Gasteiger partial charge in [0, 0.05) is 18.0 Å². The van der Waals surface area contributed by atoms with Crippen molar-refractivity contribution in [3.05, 3.63) is 17.7 Å². The summed E-state index contributed by atoms with van der Waals surface area (Å²) in [7, 11) is 0. The maximum Gasteiger partial charge on any atom is 0.248 e. The number of carbonyl (C=O) groups excluding carboxylic acids is 1. The lowest BCUT2D eigenvalue weighted by molar-refractivity contribution is 0.1000. The summed E-state index contributed by atoms with van der Waals surface area (Å²) in [6.45, 7) is 3.54. The molecule has 1 unspecified atom stereocenters. The van der Waals surface area contributed by atoms with Crippen molar-refractivity contribution in [1.82, 2.24) is 0 Å². The smallest absolute Gasteiger partial charge is 0.248 e. The van der Waals surface area contributed by atoms with Crippen molar-refractivity contribution < 1.29 is 9.53 Å². The molecule has 0 saturated carbocycles. The van der Waals surface area contributed by atoms with E-state index in [0.29, 0.717) is 23.8 Å². The van der Waals surface area contributed by atoms with Crippen molar-refractivity contribution in [2.45, 2.75) is 13.2 Å². The highest BCUT2D eigenvalue weighted by molar-refractivity contribution is 5.97. The monoisotopic (exact) mass is 248 g/mol. The molecule has 2 atom stereocenters. The van der Waals surface area contributed by atoms with Crippen LogP contribution in [0.1, 0.15) is 17.3 Å². The van der Waals surface area contributed by atoms with E-state index in [1.165, 1.54) is 0 Å². The van der Waals surface area contributed by atoms with Crippen molar-refractivity contribution >= 4 is 17.3 Å². The predicted octanol–water partition coefficient (Wildman–Crippen LogP) is 0.288. The van der Waals surface area contributed by atoms with Gasteiger partial charge in [-0.2, -0.15) is 0 Å². The van der Waals surface area contributed by atoms with E-state index >= 15 is 0 Å². The van der Waals surface area contributed by atoms with Crippen LogP contribution in [0.3, 0.4) is 0 Å². The zero-order valence-corrected chi connectivity index (χ0v) is 10.1. The van der Waals surface area contributed by atoms with Crippen LogP contribution in [0.4, 0.5) is 11.4 Å². The Morgan fingerprint density at radius 1 is 1.56 bits per heavy atom. The molecule has 5 N–H and O–H groups in total. The Morgan fingerprint density at radius 2 is 2.33 bits per heavy atom. The first kappa shape index (κ1) is 11.2. The fraction of sp³-hybridized carbons (Fsp3) is 0.417. The topological polar surface area (TPSA) is 93.6 Å². The molecule has 3 rings (SSSR count). The third-order valence-corrected chi connectivity index (χ3v) is 3.32. The molecule has 0 aromatic heterocycles. The molecule has 0 bridgehead atoms. The molecule has 1 aromatic carbocycles. The second-order valence-corrected chi connectivity index (χ2v) is 4.89. The molecule has 6 heteroatoms. The Morgan fingerprint density at radius 3 is 3.06 bits per heavy atom. The second-order valence-electron chi connectivity index (χ2n) is 4.89. The Balaban J connectivity index is 2.14. The van der Waals surface area contributed by atoms with E-state index in [9.17, 15) is 4.79 Å². The van der Waals surface area contributed by atoms with Gasteiger partial charge in [0.2, 0.25) is 5.91 Å². The van der Waals surface area contributed by atoms with Gasteiger partial charge in [0.05, 0.1) is 12.3 Å². The van der Waals surface area contributed by atoms with Crippen LogP contribution in [0.2, 0.25) is 0 Å². The van der Waals surface area contributed by atoms with Crippen LogP contribution in [0.5, 0.6) is 5.75 Å². The fourth-order valence-electron chi connectivity index (χ4n) is 2.47. The highest BCUT2D eigenvalue weighted by Gasteiger charge is 2.33. The van der Waals surface area contributed by atoms with Crippen molar-refractivity contribution in [3.8, 4) is 5.75 Å². The number of rotatable bonds is 1. The van der Waals surface area contributed by atoms with E-state index in [0.717, 1.165) is 17.9 Å². The van der Waals surface area contributed by atoms with Gasteiger partial charge in [-0.15, -0.1) is 0 Å². The Labute approximate surface area is 105 Å². The normalized spacial score (nSPS) is 24.9. The van der Waals surface area contributed by atoms with Gasteiger partial charge in [0.1, 0.15) is 11.4 Å². The van der Waals surface area contributed by atoms with Gasteiger partial charge in [0.15, 0.2) is 6.29 Å². The first-order valence-corrected chi connectivity index (χ1v) is 5.95. The maximum absolute atomic E-state index is 11.3. The van der Waals surface area contributed by atoms with E-state index in [-0.39, 0.29) is 6.29 Å². The number of hydrogen-bond donors (Lipinski definition) is 3. The van der Waals surface area contributed by atoms with E-state index in [4.69, 9.17) is 16.2 Å². The van der Waals surface area contributed by atoms with Gasteiger partial charge >= 0.3 is 0 Å². The molecule has 0 aliphatic carbocycles. The van der Waals surface area contributed by atoms with Gasteiger partial charge in [-0.1, -0.05) is 6.92 Å². The van der Waals surface area contributed by atoms with Crippen LogP contribution in [0, 0.1) is 5.92 Å². The highest BCUT2D eigenvalue weighted by Crippen LogP contribution is 2.44. The third kappa shape index (κ3) is 1.57. The summed E-state index contributed by atoms with van der Waals surface area (Å²) >= 11 is 0. The van der Waals surface area contributed by atoms with E-state index in [1.54, 1.807) is 12.1 Å². The van der Waals surface area contributed by atoms with Crippen LogP contribution >= 0.6 is 0 Å². The van der Waals surface area contributed by atoms with Gasteiger partial charge in [0.25, 0.3) is 0 Å². The molecule has 2 aliphatic rings. The summed E-state index contributed by atoms with van der Waals surface area (Å²) in [5, 5.41) is 3.14. The standard InChI is InChI=1S/C12H16N4O2/c1-6-4-16-10-8(15-12(16)14)2-7(11(13)17)3-9(10)18-5-6/h2-3,6,12,15H,4-5,14H2,1H3,(H2,13,17)/t6-,12?/m1/s1. The quantitative estimate of drug-likeness (QED) is 0.664. The number of nitrogens with zero attached hydrogens (tertiary/aromatic N) is 1. The molecule has 96 valence electrons. The summed E-state index contributed by atoms with van der Waals surface area (Å²) in [4.78, 5) is 13.4. The van der Waals surface area contributed by atoms with Crippen LogP contribution in [0.25, 0.3) is 0 Å². The van der Waals surface area contributed by atoms with E-state index in [1.807, 2.05) is 0 Å². The SMILES string of the molecule is C[C@H]1COc2cc(C(N)=O)cc3c2N(C1)C(N)N3. The lowest BCUT2D eigenvalue weighted by Crippen LogP contribution is -2.45. The largest absolute Gasteiger partial charge is 0.491 e. The first-order chi connectivity index (χ1) is 8.56. The summed E-state index contributed by atoms with van der Waals surface area (Å²) in [6.07, 6.45) is -0.286. The molecule has 2 aliphatic heterocycles. The number of hydrogen-bond acceptors (Lipinski definition) is 5. The average molecular weight is 248 g/mol. The molecule has 0 radical (unpaired) electrons. The molecule has 2 heterocycles. The zero-order chi connectivity index (χ0) is 12.9. The third-order valence-electron chi connectivity index (χ3n) is 3.32. The second kappa shape index (κ2) is 3.78. The summed E-state index contributed by atoms with van der Waals surface area (Å²) in [5.41, 5.74) is 13.5. The lowest BCUT2D eigenvalue weighted by atomic mass is 10.1. The molecule has 18 heavy (non-hydrogen) atoms. The van der Waals surface area contributed by atoms with Crippen molar-refractivity contribution in [3.63, 3.8) is 0 Å². The van der Waals surface area contributed by atoms with Crippen LogP contribution in [0.15, 0.2) is 12.1 Å². The lowest BCUT2D eigenvalue weighted by Gasteiger charge is -2.23. The van der Waals surface area contributed by atoms with Gasteiger partial charge in [-0.3, -0.25) is 10.5 Å². The molecular weight excluding hydrogens is 232 g/mol. The predicted molar refractivity (Wildman–Crippen MR) is 68.6 cm³/mol. The number of amides is 1. The number of benzene rings is 1. The minimum atomic E-state index is -0.469. The van der Waals surface area contributed by atoms with Crippen LogP contribution in [-0.4, -0.2) is 25.3 Å².